The first-order valence-electron chi connectivity index (χ1n) is 8.54. The van der Waals surface area contributed by atoms with Crippen LogP contribution in [-0.4, -0.2) is 50.1 Å². The van der Waals surface area contributed by atoms with Gasteiger partial charge in [0.25, 0.3) is 0 Å². The van der Waals surface area contributed by atoms with Crippen LogP contribution in [0.5, 0.6) is 0 Å². The number of hydrogen-bond acceptors (Lipinski definition) is 6. The third-order valence-electron chi connectivity index (χ3n) is 4.34. The van der Waals surface area contributed by atoms with Gasteiger partial charge in [-0.3, -0.25) is 4.79 Å². The molecule has 1 aliphatic heterocycles. The molecular weight excluding hydrogens is 374 g/mol. The summed E-state index contributed by atoms with van der Waals surface area (Å²) in [5.74, 6) is 1.73. The Hall–Kier alpha value is -1.71. The Bertz CT molecular complexity index is 872. The number of sulfonamides is 1. The Kier molecular flexibility index (Phi) is 5.79. The molecule has 0 bridgehead atoms. The van der Waals surface area contributed by atoms with Crippen LogP contribution in [0.2, 0.25) is 0 Å². The maximum atomic E-state index is 12.6. The molecule has 0 saturated carbocycles. The minimum atomic E-state index is -3.20. The minimum absolute atomic E-state index is 0.0292. The van der Waals surface area contributed by atoms with E-state index < -0.39 is 10.0 Å². The van der Waals surface area contributed by atoms with Crippen molar-refractivity contribution in [3.63, 3.8) is 0 Å². The number of hydrogen-bond donors (Lipinski definition) is 1. The molecule has 7 nitrogen and oxygen atoms in total. The number of amides is 1. The third-order valence-corrected chi connectivity index (χ3v) is 5.94. The molecule has 2 aromatic heterocycles. The molecule has 3 rings (SSSR count). The largest absolute Gasteiger partial charge is 0.459 e. The van der Waals surface area contributed by atoms with Gasteiger partial charge in [0.2, 0.25) is 15.9 Å². The molecule has 1 fully saturated rings. The lowest BCUT2D eigenvalue weighted by molar-refractivity contribution is -0.132. The molecule has 142 valence electrons. The summed E-state index contributed by atoms with van der Waals surface area (Å²) in [4.78, 5) is 18.9. The molecule has 1 unspecified atom stereocenters. The topological polar surface area (TPSA) is 92.5 Å². The first-order valence-corrected chi connectivity index (χ1v) is 11.3. The Balaban J connectivity index is 1.57. The molecule has 3 heterocycles. The van der Waals surface area contributed by atoms with Crippen molar-refractivity contribution in [2.75, 3.05) is 25.9 Å². The fraction of sp³-hybridized carbons (Fsp3) is 0.529. The Labute approximate surface area is 157 Å². The van der Waals surface area contributed by atoms with E-state index in [0.29, 0.717) is 19.6 Å². The van der Waals surface area contributed by atoms with Gasteiger partial charge in [-0.05, 0) is 37.8 Å². The second-order valence-electron chi connectivity index (χ2n) is 6.70. The normalized spacial score (nSPS) is 18.2. The number of thiazole rings is 1. The standard InChI is InChI=1S/C17H23N3O4S2/c1-12-5-6-15(24-12)17-19-14(11-25-17)8-16(21)20-7-3-4-13(10-20)9-18-26(2,22)23/h5-6,11,13,18H,3-4,7-10H2,1-2H3. The lowest BCUT2D eigenvalue weighted by atomic mass is 9.98. The molecule has 0 aromatic carbocycles. The fourth-order valence-corrected chi connectivity index (χ4v) is 4.36. The van der Waals surface area contributed by atoms with Crippen LogP contribution in [0, 0.1) is 12.8 Å². The van der Waals surface area contributed by atoms with E-state index in [4.69, 9.17) is 4.42 Å². The van der Waals surface area contributed by atoms with E-state index in [1.165, 1.54) is 11.3 Å². The lowest BCUT2D eigenvalue weighted by Gasteiger charge is -2.32. The van der Waals surface area contributed by atoms with E-state index >= 15 is 0 Å². The maximum Gasteiger partial charge on any atom is 0.228 e. The molecule has 0 radical (unpaired) electrons. The number of aryl methyl sites for hydroxylation is 1. The van der Waals surface area contributed by atoms with Crippen LogP contribution in [0.4, 0.5) is 0 Å². The minimum Gasteiger partial charge on any atom is -0.459 e. The summed E-state index contributed by atoms with van der Waals surface area (Å²) < 4.78 is 30.6. The molecule has 9 heteroatoms. The van der Waals surface area contributed by atoms with Crippen molar-refractivity contribution in [3.8, 4) is 10.8 Å². The van der Waals surface area contributed by atoms with Crippen molar-refractivity contribution in [1.82, 2.24) is 14.6 Å². The van der Waals surface area contributed by atoms with Crippen molar-refractivity contribution in [2.45, 2.75) is 26.2 Å². The summed E-state index contributed by atoms with van der Waals surface area (Å²) in [6.07, 6.45) is 3.21. The summed E-state index contributed by atoms with van der Waals surface area (Å²) in [7, 11) is -3.20. The van der Waals surface area contributed by atoms with E-state index in [1.54, 1.807) is 0 Å². The lowest BCUT2D eigenvalue weighted by Crippen LogP contribution is -2.44. The summed E-state index contributed by atoms with van der Waals surface area (Å²) in [5.41, 5.74) is 0.737. The van der Waals surface area contributed by atoms with Crippen molar-refractivity contribution in [3.05, 3.63) is 29.0 Å². The van der Waals surface area contributed by atoms with Gasteiger partial charge in [0, 0.05) is 25.0 Å². The first-order chi connectivity index (χ1) is 12.3. The van der Waals surface area contributed by atoms with Crippen LogP contribution in [0.1, 0.15) is 24.3 Å². The van der Waals surface area contributed by atoms with E-state index in [-0.39, 0.29) is 18.2 Å². The number of carbonyl (C=O) groups is 1. The number of nitrogens with zero attached hydrogens (tertiary/aromatic N) is 2. The van der Waals surface area contributed by atoms with E-state index in [0.717, 1.165) is 41.3 Å². The smallest absolute Gasteiger partial charge is 0.228 e. The van der Waals surface area contributed by atoms with E-state index in [9.17, 15) is 13.2 Å². The molecule has 2 aromatic rings. The highest BCUT2D eigenvalue weighted by atomic mass is 32.2. The van der Waals surface area contributed by atoms with Crippen LogP contribution < -0.4 is 4.72 Å². The monoisotopic (exact) mass is 397 g/mol. The highest BCUT2D eigenvalue weighted by Crippen LogP contribution is 2.26. The molecule has 26 heavy (non-hydrogen) atoms. The van der Waals surface area contributed by atoms with Crippen LogP contribution in [0.25, 0.3) is 10.8 Å². The highest BCUT2D eigenvalue weighted by molar-refractivity contribution is 7.88. The first kappa shape index (κ1) is 19.1. The molecule has 0 aliphatic carbocycles. The van der Waals surface area contributed by atoms with Gasteiger partial charge in [0.05, 0.1) is 18.4 Å². The molecule has 1 atom stereocenters. The average molecular weight is 398 g/mol. The maximum absolute atomic E-state index is 12.6. The van der Waals surface area contributed by atoms with E-state index in [1.807, 2.05) is 29.3 Å². The fourth-order valence-electron chi connectivity index (χ4n) is 3.04. The van der Waals surface area contributed by atoms with Crippen LogP contribution in [0.15, 0.2) is 21.9 Å². The molecule has 1 aliphatic rings. The molecular formula is C17H23N3O4S2. The Morgan fingerprint density at radius 3 is 2.96 bits per heavy atom. The summed E-state index contributed by atoms with van der Waals surface area (Å²) in [6, 6.07) is 3.77. The SMILES string of the molecule is Cc1ccc(-c2nc(CC(=O)N3CCCC(CNS(C)(=O)=O)C3)cs2)o1. The van der Waals surface area contributed by atoms with Gasteiger partial charge in [0.15, 0.2) is 10.8 Å². The number of rotatable bonds is 6. The predicted octanol–water partition coefficient (Wildman–Crippen LogP) is 2.04. The number of furan rings is 1. The second-order valence-corrected chi connectivity index (χ2v) is 9.39. The number of aromatic nitrogens is 1. The average Bonchev–Trinajstić information content (AvgIpc) is 3.21. The summed E-state index contributed by atoms with van der Waals surface area (Å²) >= 11 is 1.46. The molecule has 1 N–H and O–H groups in total. The van der Waals surface area contributed by atoms with Crippen molar-refractivity contribution in [1.29, 1.82) is 0 Å². The van der Waals surface area contributed by atoms with Crippen molar-refractivity contribution >= 4 is 27.3 Å². The van der Waals surface area contributed by atoms with Crippen molar-refractivity contribution < 1.29 is 17.6 Å². The van der Waals surface area contributed by atoms with Gasteiger partial charge in [-0.25, -0.2) is 18.1 Å². The van der Waals surface area contributed by atoms with Crippen molar-refractivity contribution in [2.24, 2.45) is 5.92 Å². The van der Waals surface area contributed by atoms with Gasteiger partial charge in [-0.2, -0.15) is 0 Å². The Morgan fingerprint density at radius 2 is 2.27 bits per heavy atom. The highest BCUT2D eigenvalue weighted by Gasteiger charge is 2.25. The number of nitrogens with one attached hydrogen (secondary N) is 1. The third kappa shape index (κ3) is 5.15. The second kappa shape index (κ2) is 7.89. The van der Waals surface area contributed by atoms with Gasteiger partial charge < -0.3 is 9.32 Å². The summed E-state index contributed by atoms with van der Waals surface area (Å²) in [6.45, 7) is 3.55. The quantitative estimate of drug-likeness (QED) is 0.805. The molecule has 1 amide bonds. The molecule has 0 spiro atoms. The van der Waals surface area contributed by atoms with Crippen LogP contribution >= 0.6 is 11.3 Å². The van der Waals surface area contributed by atoms with Crippen LogP contribution in [-0.2, 0) is 21.2 Å². The summed E-state index contributed by atoms with van der Waals surface area (Å²) in [5, 5.41) is 2.66. The number of carbonyl (C=O) groups excluding carboxylic acids is 1. The molecule has 1 saturated heterocycles. The number of piperidine rings is 1. The van der Waals surface area contributed by atoms with Crippen LogP contribution in [0.3, 0.4) is 0 Å². The Morgan fingerprint density at radius 1 is 1.46 bits per heavy atom. The predicted molar refractivity (Wildman–Crippen MR) is 100 cm³/mol. The van der Waals surface area contributed by atoms with Gasteiger partial charge in [-0.15, -0.1) is 11.3 Å². The van der Waals surface area contributed by atoms with Gasteiger partial charge >= 0.3 is 0 Å². The zero-order valence-corrected chi connectivity index (χ0v) is 16.5. The van der Waals surface area contributed by atoms with Gasteiger partial charge in [-0.1, -0.05) is 0 Å². The zero-order chi connectivity index (χ0) is 18.7. The van der Waals surface area contributed by atoms with E-state index in [2.05, 4.69) is 9.71 Å². The van der Waals surface area contributed by atoms with Gasteiger partial charge in [0.1, 0.15) is 5.76 Å². The number of likely N-dealkylation sites (tertiary alicyclic amines) is 1. The zero-order valence-electron chi connectivity index (χ0n) is 14.9.